The topological polar surface area (TPSA) is 85.2 Å². The van der Waals surface area contributed by atoms with Gasteiger partial charge in [0.25, 0.3) is 0 Å². The second-order valence-electron chi connectivity index (χ2n) is 6.73. The molecular formula is C17H29ClN4O3. The fourth-order valence-corrected chi connectivity index (χ4v) is 2.82. The lowest BCUT2D eigenvalue weighted by Gasteiger charge is -2.22. The van der Waals surface area contributed by atoms with Crippen LogP contribution in [0.3, 0.4) is 0 Å². The first-order valence-electron chi connectivity index (χ1n) is 8.66. The SMILES string of the molecule is CCOC(=O)C(C)(C)n1cc(NC(=O)CCC2CCNCC2)cn1.Cl. The molecule has 7 nitrogen and oxygen atoms in total. The van der Waals surface area contributed by atoms with Crippen molar-refractivity contribution in [3.05, 3.63) is 12.4 Å². The predicted molar refractivity (Wildman–Crippen MR) is 98.9 cm³/mol. The first-order valence-corrected chi connectivity index (χ1v) is 8.66. The molecule has 1 aliphatic rings. The molecule has 1 fully saturated rings. The van der Waals surface area contributed by atoms with Crippen LogP contribution in [0.5, 0.6) is 0 Å². The number of carbonyl (C=O) groups is 2. The molecule has 2 rings (SSSR count). The number of aromatic nitrogens is 2. The third kappa shape index (κ3) is 6.01. The molecule has 25 heavy (non-hydrogen) atoms. The van der Waals surface area contributed by atoms with Crippen molar-refractivity contribution in [1.29, 1.82) is 0 Å². The van der Waals surface area contributed by atoms with Gasteiger partial charge in [0.15, 0.2) is 5.54 Å². The lowest BCUT2D eigenvalue weighted by Crippen LogP contribution is -2.37. The number of piperidine rings is 1. The van der Waals surface area contributed by atoms with E-state index >= 15 is 0 Å². The average molecular weight is 373 g/mol. The normalized spacial score (nSPS) is 15.3. The second-order valence-corrected chi connectivity index (χ2v) is 6.73. The minimum atomic E-state index is -0.909. The molecule has 1 aliphatic heterocycles. The van der Waals surface area contributed by atoms with Gasteiger partial charge in [-0.2, -0.15) is 5.10 Å². The van der Waals surface area contributed by atoms with Crippen LogP contribution in [0.4, 0.5) is 5.69 Å². The molecule has 0 saturated carbocycles. The maximum absolute atomic E-state index is 12.1. The van der Waals surface area contributed by atoms with Gasteiger partial charge >= 0.3 is 5.97 Å². The third-order valence-corrected chi connectivity index (χ3v) is 4.45. The van der Waals surface area contributed by atoms with Crippen molar-refractivity contribution >= 4 is 30.0 Å². The van der Waals surface area contributed by atoms with E-state index < -0.39 is 5.54 Å². The lowest BCUT2D eigenvalue weighted by molar-refractivity contribution is -0.152. The smallest absolute Gasteiger partial charge is 0.333 e. The Hall–Kier alpha value is -1.60. The molecule has 0 atom stereocenters. The van der Waals surface area contributed by atoms with Crippen LogP contribution in [0.1, 0.15) is 46.5 Å². The molecule has 1 aromatic heterocycles. The van der Waals surface area contributed by atoms with Gasteiger partial charge in [0.05, 0.1) is 18.5 Å². The van der Waals surface area contributed by atoms with Gasteiger partial charge in [-0.15, -0.1) is 12.4 Å². The van der Waals surface area contributed by atoms with E-state index in [4.69, 9.17) is 4.74 Å². The van der Waals surface area contributed by atoms with Gasteiger partial charge in [-0.05, 0) is 59.0 Å². The summed E-state index contributed by atoms with van der Waals surface area (Å²) in [6.45, 7) is 7.65. The first kappa shape index (κ1) is 21.4. The zero-order chi connectivity index (χ0) is 17.6. The van der Waals surface area contributed by atoms with Crippen molar-refractivity contribution in [3.8, 4) is 0 Å². The number of halogens is 1. The highest BCUT2D eigenvalue weighted by molar-refractivity contribution is 5.90. The van der Waals surface area contributed by atoms with E-state index in [0.29, 0.717) is 24.6 Å². The predicted octanol–water partition coefficient (Wildman–Crippen LogP) is 2.32. The molecule has 1 amide bonds. The van der Waals surface area contributed by atoms with Gasteiger partial charge in [0.2, 0.25) is 5.91 Å². The highest BCUT2D eigenvalue weighted by Gasteiger charge is 2.32. The Morgan fingerprint density at radius 1 is 1.40 bits per heavy atom. The fourth-order valence-electron chi connectivity index (χ4n) is 2.82. The molecule has 0 bridgehead atoms. The monoisotopic (exact) mass is 372 g/mol. The Balaban J connectivity index is 0.00000312. The highest BCUT2D eigenvalue weighted by atomic mass is 35.5. The molecule has 1 aromatic rings. The van der Waals surface area contributed by atoms with Crippen molar-refractivity contribution in [3.63, 3.8) is 0 Å². The quantitative estimate of drug-likeness (QED) is 0.717. The van der Waals surface area contributed by atoms with Crippen LogP contribution < -0.4 is 10.6 Å². The molecule has 0 unspecified atom stereocenters. The molecule has 1 saturated heterocycles. The summed E-state index contributed by atoms with van der Waals surface area (Å²) in [5.41, 5.74) is -0.309. The molecule has 0 aromatic carbocycles. The van der Waals surface area contributed by atoms with Crippen LogP contribution in [-0.4, -0.2) is 41.4 Å². The minimum Gasteiger partial charge on any atom is -0.464 e. The Bertz CT molecular complexity index is 568. The molecule has 0 spiro atoms. The van der Waals surface area contributed by atoms with E-state index in [2.05, 4.69) is 15.7 Å². The number of hydrogen-bond acceptors (Lipinski definition) is 5. The van der Waals surface area contributed by atoms with Crippen LogP contribution in [0.2, 0.25) is 0 Å². The van der Waals surface area contributed by atoms with E-state index in [9.17, 15) is 9.59 Å². The molecule has 142 valence electrons. The summed E-state index contributed by atoms with van der Waals surface area (Å²) in [5, 5.41) is 10.4. The molecule has 8 heteroatoms. The summed E-state index contributed by atoms with van der Waals surface area (Å²) in [5.74, 6) is 0.265. The maximum atomic E-state index is 12.1. The zero-order valence-corrected chi connectivity index (χ0v) is 16.0. The Morgan fingerprint density at radius 3 is 2.72 bits per heavy atom. The van der Waals surface area contributed by atoms with E-state index in [1.165, 1.54) is 4.68 Å². The average Bonchev–Trinajstić information content (AvgIpc) is 3.03. The van der Waals surface area contributed by atoms with Crippen molar-refractivity contribution in [1.82, 2.24) is 15.1 Å². The van der Waals surface area contributed by atoms with Crippen molar-refractivity contribution in [2.24, 2.45) is 5.92 Å². The van der Waals surface area contributed by atoms with Crippen molar-refractivity contribution in [2.45, 2.75) is 52.0 Å². The van der Waals surface area contributed by atoms with Crippen LogP contribution in [0.25, 0.3) is 0 Å². The number of hydrogen-bond donors (Lipinski definition) is 2. The molecule has 2 heterocycles. The van der Waals surface area contributed by atoms with Crippen molar-refractivity contribution < 1.29 is 14.3 Å². The number of esters is 1. The van der Waals surface area contributed by atoms with Gasteiger partial charge in [-0.3, -0.25) is 9.48 Å². The van der Waals surface area contributed by atoms with E-state index in [1.807, 2.05) is 0 Å². The van der Waals surface area contributed by atoms with Gasteiger partial charge in [-0.1, -0.05) is 0 Å². The largest absolute Gasteiger partial charge is 0.464 e. The van der Waals surface area contributed by atoms with Crippen LogP contribution in [-0.2, 0) is 19.9 Å². The number of anilines is 1. The minimum absolute atomic E-state index is 0. The van der Waals surface area contributed by atoms with Crippen LogP contribution in [0, 0.1) is 5.92 Å². The second kappa shape index (κ2) is 9.77. The fraction of sp³-hybridized carbons (Fsp3) is 0.706. The van der Waals surface area contributed by atoms with Crippen molar-refractivity contribution in [2.75, 3.05) is 25.0 Å². The maximum Gasteiger partial charge on any atom is 0.333 e. The number of nitrogens with zero attached hydrogens (tertiary/aromatic N) is 2. The Labute approximate surface area is 155 Å². The van der Waals surface area contributed by atoms with E-state index in [-0.39, 0.29) is 24.3 Å². The zero-order valence-electron chi connectivity index (χ0n) is 15.2. The molecule has 0 aliphatic carbocycles. The number of nitrogens with one attached hydrogen (secondary N) is 2. The summed E-state index contributed by atoms with van der Waals surface area (Å²) in [7, 11) is 0. The van der Waals surface area contributed by atoms with Gasteiger partial charge in [0.1, 0.15) is 0 Å². The Kier molecular flexibility index (Phi) is 8.38. The molecular weight excluding hydrogens is 344 g/mol. The number of carbonyl (C=O) groups excluding carboxylic acids is 2. The summed E-state index contributed by atoms with van der Waals surface area (Å²) in [6, 6.07) is 0. The number of amides is 1. The Morgan fingerprint density at radius 2 is 2.08 bits per heavy atom. The van der Waals surface area contributed by atoms with Gasteiger partial charge in [-0.25, -0.2) is 4.79 Å². The number of rotatable bonds is 7. The van der Waals surface area contributed by atoms with E-state index in [1.54, 1.807) is 33.2 Å². The lowest BCUT2D eigenvalue weighted by atomic mass is 9.93. The highest BCUT2D eigenvalue weighted by Crippen LogP contribution is 2.20. The summed E-state index contributed by atoms with van der Waals surface area (Å²) in [4.78, 5) is 24.1. The van der Waals surface area contributed by atoms with Gasteiger partial charge in [0, 0.05) is 12.6 Å². The van der Waals surface area contributed by atoms with E-state index in [0.717, 1.165) is 32.4 Å². The first-order chi connectivity index (χ1) is 11.4. The van der Waals surface area contributed by atoms with Gasteiger partial charge < -0.3 is 15.4 Å². The van der Waals surface area contributed by atoms with Crippen LogP contribution >= 0.6 is 12.4 Å². The molecule has 2 N–H and O–H groups in total. The third-order valence-electron chi connectivity index (χ3n) is 4.45. The standard InChI is InChI=1S/C17H28N4O3.ClH/c1-4-24-16(23)17(2,3)21-12-14(11-19-21)20-15(22)6-5-13-7-9-18-10-8-13;/h11-13,18H,4-10H2,1-3H3,(H,20,22);1H. The summed E-state index contributed by atoms with van der Waals surface area (Å²) in [6.07, 6.45) is 6.92. The summed E-state index contributed by atoms with van der Waals surface area (Å²) >= 11 is 0. The summed E-state index contributed by atoms with van der Waals surface area (Å²) < 4.78 is 6.59. The number of ether oxygens (including phenoxy) is 1. The molecule has 0 radical (unpaired) electrons. The van der Waals surface area contributed by atoms with Crippen LogP contribution in [0.15, 0.2) is 12.4 Å².